The van der Waals surface area contributed by atoms with Crippen LogP contribution in [0.5, 0.6) is 0 Å². The van der Waals surface area contributed by atoms with Crippen molar-refractivity contribution in [1.29, 1.82) is 0 Å². The Hall–Kier alpha value is -3.34. The summed E-state index contributed by atoms with van der Waals surface area (Å²) in [5.41, 5.74) is 13.8. The summed E-state index contributed by atoms with van der Waals surface area (Å²) in [7, 11) is 0. The minimum absolute atomic E-state index is 0.0477. The molecule has 34 heavy (non-hydrogen) atoms. The Kier molecular flexibility index (Phi) is 6.65. The summed E-state index contributed by atoms with van der Waals surface area (Å²) in [6.07, 6.45) is 3.59. The number of alkyl halides is 2. The predicted molar refractivity (Wildman–Crippen MR) is 124 cm³/mol. The molecule has 182 valence electrons. The molecule has 2 aromatic rings. The number of anilines is 3. The van der Waals surface area contributed by atoms with Gasteiger partial charge >= 0.3 is 0 Å². The highest BCUT2D eigenvalue weighted by molar-refractivity contribution is 5.98. The largest absolute Gasteiger partial charge is 0.365 e. The predicted octanol–water partition coefficient (Wildman–Crippen LogP) is 2.40. The first-order chi connectivity index (χ1) is 16.1. The maximum atomic E-state index is 13.0. The van der Waals surface area contributed by atoms with Gasteiger partial charge in [-0.1, -0.05) is 12.1 Å². The highest BCUT2D eigenvalue weighted by Crippen LogP contribution is 2.32. The number of amides is 2. The zero-order valence-corrected chi connectivity index (χ0v) is 18.9. The first kappa shape index (κ1) is 23.8. The Balaban J connectivity index is 1.38. The van der Waals surface area contributed by atoms with E-state index in [9.17, 15) is 18.4 Å². The second kappa shape index (κ2) is 9.49. The van der Waals surface area contributed by atoms with Crippen LogP contribution in [-0.4, -0.2) is 57.8 Å². The highest BCUT2D eigenvalue weighted by Gasteiger charge is 2.46. The molecule has 1 aromatic carbocycles. The SMILES string of the molecule is Cc1cccc(Nc2nc(N[C@@H]3CC[C@@H](CC(=O)N4CC(F)(F)C4)C[C@@H]3N)ncc2C(N)=O)c1. The lowest BCUT2D eigenvalue weighted by Gasteiger charge is -2.40. The number of nitrogens with one attached hydrogen (secondary N) is 2. The van der Waals surface area contributed by atoms with Gasteiger partial charge in [0.2, 0.25) is 11.9 Å². The second-order valence-electron chi connectivity index (χ2n) is 9.22. The Morgan fingerprint density at radius 2 is 2.03 bits per heavy atom. The van der Waals surface area contributed by atoms with Gasteiger partial charge in [-0.15, -0.1) is 0 Å². The summed E-state index contributed by atoms with van der Waals surface area (Å²) in [6, 6.07) is 7.21. The van der Waals surface area contributed by atoms with Crippen LogP contribution >= 0.6 is 0 Å². The number of nitrogens with zero attached hydrogens (tertiary/aromatic N) is 3. The average Bonchev–Trinajstić information content (AvgIpc) is 2.74. The summed E-state index contributed by atoms with van der Waals surface area (Å²) in [5.74, 6) is -3.01. The Bertz CT molecular complexity index is 1070. The summed E-state index contributed by atoms with van der Waals surface area (Å²) in [4.78, 5) is 34.0. The number of likely N-dealkylation sites (tertiary alicyclic amines) is 1. The number of hydrogen-bond donors (Lipinski definition) is 4. The first-order valence-electron chi connectivity index (χ1n) is 11.3. The number of halogens is 2. The van der Waals surface area contributed by atoms with Gasteiger partial charge in [0.1, 0.15) is 11.4 Å². The van der Waals surface area contributed by atoms with Crippen LogP contribution in [0.4, 0.5) is 26.2 Å². The third-order valence-electron chi connectivity index (χ3n) is 6.32. The van der Waals surface area contributed by atoms with Crippen LogP contribution < -0.4 is 22.1 Å². The van der Waals surface area contributed by atoms with Gasteiger partial charge in [-0.05, 0) is 49.8 Å². The smallest absolute Gasteiger partial charge is 0.282 e. The Morgan fingerprint density at radius 3 is 2.68 bits per heavy atom. The van der Waals surface area contributed by atoms with Gasteiger partial charge in [-0.3, -0.25) is 9.59 Å². The van der Waals surface area contributed by atoms with Gasteiger partial charge in [-0.25, -0.2) is 13.8 Å². The van der Waals surface area contributed by atoms with E-state index in [0.717, 1.165) is 17.7 Å². The molecule has 2 fully saturated rings. The number of aromatic nitrogens is 2. The van der Waals surface area contributed by atoms with Gasteiger partial charge < -0.3 is 27.0 Å². The molecule has 9 nitrogen and oxygen atoms in total. The zero-order valence-electron chi connectivity index (χ0n) is 18.9. The molecule has 1 saturated carbocycles. The number of nitrogens with two attached hydrogens (primary N) is 2. The van der Waals surface area contributed by atoms with E-state index in [1.165, 1.54) is 11.1 Å². The fourth-order valence-electron chi connectivity index (χ4n) is 4.48. The standard InChI is InChI=1S/C23H29F2N7O2/c1-13-3-2-4-15(7-13)29-21-16(20(27)34)10-28-22(31-21)30-18-6-5-14(8-17(18)26)9-19(33)32-11-23(24,25)12-32/h2-4,7,10,14,17-18H,5-6,8-9,11-12,26H2,1H3,(H2,27,34)(H2,28,29,30,31)/t14-,17+,18-/m1/s1. The van der Waals surface area contributed by atoms with Crippen molar-refractivity contribution in [2.45, 2.75) is 50.6 Å². The number of benzene rings is 1. The van der Waals surface area contributed by atoms with E-state index in [-0.39, 0.29) is 41.7 Å². The molecule has 2 aliphatic rings. The topological polar surface area (TPSA) is 139 Å². The van der Waals surface area contributed by atoms with E-state index in [2.05, 4.69) is 20.6 Å². The summed E-state index contributed by atoms with van der Waals surface area (Å²) >= 11 is 0. The number of hydrogen-bond acceptors (Lipinski definition) is 7. The van der Waals surface area contributed by atoms with E-state index in [1.54, 1.807) is 0 Å². The molecule has 11 heteroatoms. The molecule has 0 spiro atoms. The van der Waals surface area contributed by atoms with Crippen LogP contribution in [0, 0.1) is 12.8 Å². The van der Waals surface area contributed by atoms with Crippen LogP contribution in [0.1, 0.15) is 41.6 Å². The van der Waals surface area contributed by atoms with Gasteiger partial charge in [0.05, 0.1) is 13.1 Å². The van der Waals surface area contributed by atoms with E-state index in [0.29, 0.717) is 18.8 Å². The van der Waals surface area contributed by atoms with Crippen LogP contribution in [0.3, 0.4) is 0 Å². The maximum Gasteiger partial charge on any atom is 0.282 e. The molecule has 0 unspecified atom stereocenters. The molecular weight excluding hydrogens is 444 g/mol. The summed E-state index contributed by atoms with van der Waals surface area (Å²) in [6.45, 7) is 0.968. The van der Waals surface area contributed by atoms with Crippen molar-refractivity contribution in [3.8, 4) is 0 Å². The fourth-order valence-corrected chi connectivity index (χ4v) is 4.48. The lowest BCUT2D eigenvalue weighted by atomic mass is 9.80. The molecule has 0 radical (unpaired) electrons. The average molecular weight is 474 g/mol. The molecule has 3 atom stereocenters. The van der Waals surface area contributed by atoms with Gasteiger partial charge in [0.25, 0.3) is 11.8 Å². The Morgan fingerprint density at radius 1 is 1.26 bits per heavy atom. The third kappa shape index (κ3) is 5.58. The first-order valence-corrected chi connectivity index (χ1v) is 11.3. The quantitative estimate of drug-likeness (QED) is 0.484. The molecule has 6 N–H and O–H groups in total. The van der Waals surface area contributed by atoms with Gasteiger partial charge in [0, 0.05) is 30.4 Å². The van der Waals surface area contributed by atoms with E-state index in [1.807, 2.05) is 31.2 Å². The van der Waals surface area contributed by atoms with Crippen molar-refractivity contribution >= 4 is 29.3 Å². The number of carbonyl (C=O) groups excluding carboxylic acids is 2. The van der Waals surface area contributed by atoms with Crippen LogP contribution in [0.15, 0.2) is 30.5 Å². The fraction of sp³-hybridized carbons (Fsp3) is 0.478. The second-order valence-corrected chi connectivity index (χ2v) is 9.22. The molecule has 1 aliphatic carbocycles. The third-order valence-corrected chi connectivity index (χ3v) is 6.32. The van der Waals surface area contributed by atoms with Crippen molar-refractivity contribution in [3.63, 3.8) is 0 Å². The molecule has 1 saturated heterocycles. The molecular formula is C23H29F2N7O2. The van der Waals surface area contributed by atoms with Crippen LogP contribution in [0.25, 0.3) is 0 Å². The molecule has 4 rings (SSSR count). The Labute approximate surface area is 196 Å². The van der Waals surface area contributed by atoms with Gasteiger partial charge in [0.15, 0.2) is 0 Å². The summed E-state index contributed by atoms with van der Waals surface area (Å²) < 4.78 is 26.0. The normalized spacial score (nSPS) is 23.6. The van der Waals surface area contributed by atoms with Crippen molar-refractivity contribution in [2.24, 2.45) is 17.4 Å². The lowest BCUT2D eigenvalue weighted by molar-refractivity contribution is -0.166. The van der Waals surface area contributed by atoms with Crippen LogP contribution in [0.2, 0.25) is 0 Å². The van der Waals surface area contributed by atoms with E-state index in [4.69, 9.17) is 11.5 Å². The molecule has 1 aliphatic heterocycles. The number of carbonyl (C=O) groups is 2. The minimum Gasteiger partial charge on any atom is -0.365 e. The molecule has 0 bridgehead atoms. The van der Waals surface area contributed by atoms with Gasteiger partial charge in [-0.2, -0.15) is 4.98 Å². The highest BCUT2D eigenvalue weighted by atomic mass is 19.3. The van der Waals surface area contributed by atoms with E-state index >= 15 is 0 Å². The number of aryl methyl sites for hydroxylation is 1. The number of primary amides is 1. The van der Waals surface area contributed by atoms with Crippen LogP contribution in [-0.2, 0) is 4.79 Å². The van der Waals surface area contributed by atoms with Crippen molar-refractivity contribution in [3.05, 3.63) is 41.6 Å². The maximum absolute atomic E-state index is 13.0. The van der Waals surface area contributed by atoms with Crippen molar-refractivity contribution < 1.29 is 18.4 Å². The zero-order chi connectivity index (χ0) is 24.5. The minimum atomic E-state index is -2.76. The van der Waals surface area contributed by atoms with Crippen molar-refractivity contribution in [2.75, 3.05) is 23.7 Å². The monoisotopic (exact) mass is 473 g/mol. The molecule has 2 heterocycles. The lowest BCUT2D eigenvalue weighted by Crippen LogP contribution is -2.58. The summed E-state index contributed by atoms with van der Waals surface area (Å²) in [5, 5.41) is 6.35. The van der Waals surface area contributed by atoms with Crippen molar-refractivity contribution in [1.82, 2.24) is 14.9 Å². The molecule has 2 amide bonds. The van der Waals surface area contributed by atoms with E-state index < -0.39 is 24.9 Å². The molecule has 1 aromatic heterocycles. The number of rotatable bonds is 7.